The van der Waals surface area contributed by atoms with Gasteiger partial charge >= 0.3 is 6.09 Å². The van der Waals surface area contributed by atoms with Gasteiger partial charge in [-0.25, -0.2) is 4.79 Å². The van der Waals surface area contributed by atoms with E-state index in [2.05, 4.69) is 5.32 Å². The van der Waals surface area contributed by atoms with Crippen molar-refractivity contribution in [3.05, 3.63) is 23.8 Å². The highest BCUT2D eigenvalue weighted by Gasteiger charge is 2.19. The van der Waals surface area contributed by atoms with Crippen molar-refractivity contribution in [2.75, 3.05) is 25.1 Å². The van der Waals surface area contributed by atoms with Gasteiger partial charge in [-0.2, -0.15) is 0 Å². The van der Waals surface area contributed by atoms with Gasteiger partial charge in [0.25, 0.3) is 0 Å². The van der Waals surface area contributed by atoms with Gasteiger partial charge in [-0.1, -0.05) is 0 Å². The van der Waals surface area contributed by atoms with E-state index in [1.165, 1.54) is 4.90 Å². The van der Waals surface area contributed by atoms with Crippen LogP contribution in [0.25, 0.3) is 0 Å². The number of rotatable bonds is 6. The summed E-state index contributed by atoms with van der Waals surface area (Å²) in [7, 11) is 1.65. The monoisotopic (exact) mass is 336 g/mol. The minimum atomic E-state index is -0.528. The Hall–Kier alpha value is -2.44. The zero-order valence-corrected chi connectivity index (χ0v) is 14.9. The summed E-state index contributed by atoms with van der Waals surface area (Å²) in [6.45, 7) is 6.22. The lowest BCUT2D eigenvalue weighted by atomic mass is 10.1. The number of ether oxygens (including phenoxy) is 1. The lowest BCUT2D eigenvalue weighted by molar-refractivity contribution is -0.121. The highest BCUT2D eigenvalue weighted by atomic mass is 16.6. The van der Waals surface area contributed by atoms with Gasteiger partial charge in [0.15, 0.2) is 0 Å². The summed E-state index contributed by atoms with van der Waals surface area (Å²) in [6.07, 6.45) is 0.471. The number of anilines is 2. The van der Waals surface area contributed by atoms with Gasteiger partial charge in [0.2, 0.25) is 5.91 Å². The minimum absolute atomic E-state index is 0.102. The van der Waals surface area contributed by atoms with E-state index < -0.39 is 11.7 Å². The molecule has 2 amide bonds. The molecule has 0 saturated carbocycles. The predicted molar refractivity (Wildman–Crippen MR) is 95.2 cm³/mol. The average molecular weight is 336 g/mol. The van der Waals surface area contributed by atoms with Crippen molar-refractivity contribution in [1.29, 1.82) is 0 Å². The standard InChI is InChI=1S/C17H28N4O3/c1-17(2,3)24-16(23)21(4)9-5-6-15(22)20-11-12-10-13(18)7-8-14(12)19/h7-8,10H,5-6,9,11,18-19H2,1-4H3,(H,20,22). The molecule has 0 radical (unpaired) electrons. The molecule has 134 valence electrons. The molecule has 7 nitrogen and oxygen atoms in total. The summed E-state index contributed by atoms with van der Waals surface area (Å²) < 4.78 is 5.25. The maximum atomic E-state index is 11.9. The zero-order chi connectivity index (χ0) is 18.3. The van der Waals surface area contributed by atoms with Crippen LogP contribution in [0.2, 0.25) is 0 Å². The largest absolute Gasteiger partial charge is 0.444 e. The number of nitrogens with two attached hydrogens (primary N) is 2. The van der Waals surface area contributed by atoms with E-state index in [-0.39, 0.29) is 5.91 Å². The highest BCUT2D eigenvalue weighted by molar-refractivity contribution is 5.76. The van der Waals surface area contributed by atoms with Gasteiger partial charge in [0.1, 0.15) is 5.60 Å². The average Bonchev–Trinajstić information content (AvgIpc) is 2.46. The Kier molecular flexibility index (Phi) is 6.88. The Labute approximate surface area is 143 Å². The van der Waals surface area contributed by atoms with E-state index in [0.29, 0.717) is 37.3 Å². The van der Waals surface area contributed by atoms with Crippen LogP contribution < -0.4 is 16.8 Å². The van der Waals surface area contributed by atoms with E-state index in [0.717, 1.165) is 5.56 Å². The molecule has 0 spiro atoms. The third-order valence-electron chi connectivity index (χ3n) is 3.25. The van der Waals surface area contributed by atoms with Crippen molar-refractivity contribution in [1.82, 2.24) is 10.2 Å². The SMILES string of the molecule is CN(CCCC(=O)NCc1cc(N)ccc1N)C(=O)OC(C)(C)C. The van der Waals surface area contributed by atoms with Crippen LogP contribution in [-0.2, 0) is 16.1 Å². The first kappa shape index (κ1) is 19.6. The number of carbonyl (C=O) groups excluding carboxylic acids is 2. The van der Waals surface area contributed by atoms with Crippen LogP contribution >= 0.6 is 0 Å². The van der Waals surface area contributed by atoms with E-state index in [1.54, 1.807) is 25.2 Å². The second kappa shape index (κ2) is 8.42. The van der Waals surface area contributed by atoms with Crippen LogP contribution in [0.4, 0.5) is 16.2 Å². The molecule has 0 unspecified atom stereocenters. The maximum Gasteiger partial charge on any atom is 0.410 e. The van der Waals surface area contributed by atoms with Crippen LogP contribution in [0.3, 0.4) is 0 Å². The second-order valence-electron chi connectivity index (χ2n) is 6.74. The molecular weight excluding hydrogens is 308 g/mol. The topological polar surface area (TPSA) is 111 Å². The lowest BCUT2D eigenvalue weighted by Crippen LogP contribution is -2.35. The van der Waals surface area contributed by atoms with Crippen LogP contribution in [-0.4, -0.2) is 36.1 Å². The number of hydrogen-bond acceptors (Lipinski definition) is 5. The zero-order valence-electron chi connectivity index (χ0n) is 14.9. The lowest BCUT2D eigenvalue weighted by Gasteiger charge is -2.24. The molecule has 0 aliphatic carbocycles. The predicted octanol–water partition coefficient (Wildman–Crippen LogP) is 2.11. The number of hydrogen-bond donors (Lipinski definition) is 3. The second-order valence-corrected chi connectivity index (χ2v) is 6.74. The Morgan fingerprint density at radius 2 is 1.92 bits per heavy atom. The number of nitrogens with one attached hydrogen (secondary N) is 1. The van der Waals surface area contributed by atoms with Crippen molar-refractivity contribution in [2.45, 2.75) is 45.8 Å². The van der Waals surface area contributed by atoms with Crippen LogP contribution in [0, 0.1) is 0 Å². The molecule has 0 atom stereocenters. The number of benzene rings is 1. The van der Waals surface area contributed by atoms with Crippen molar-refractivity contribution >= 4 is 23.4 Å². The molecule has 0 bridgehead atoms. The van der Waals surface area contributed by atoms with Crippen molar-refractivity contribution in [2.24, 2.45) is 0 Å². The van der Waals surface area contributed by atoms with Crippen LogP contribution in [0.5, 0.6) is 0 Å². The van der Waals surface area contributed by atoms with E-state index in [1.807, 2.05) is 20.8 Å². The smallest absolute Gasteiger partial charge is 0.410 e. The molecule has 24 heavy (non-hydrogen) atoms. The molecule has 0 heterocycles. The van der Waals surface area contributed by atoms with Crippen molar-refractivity contribution < 1.29 is 14.3 Å². The molecule has 7 heteroatoms. The van der Waals surface area contributed by atoms with Crippen LogP contribution in [0.15, 0.2) is 18.2 Å². The van der Waals surface area contributed by atoms with Gasteiger partial charge in [-0.05, 0) is 51.0 Å². The fourth-order valence-electron chi connectivity index (χ4n) is 1.97. The Morgan fingerprint density at radius 1 is 1.25 bits per heavy atom. The van der Waals surface area contributed by atoms with E-state index >= 15 is 0 Å². The Bertz CT molecular complexity index is 582. The van der Waals surface area contributed by atoms with Gasteiger partial charge < -0.3 is 26.4 Å². The quantitative estimate of drug-likeness (QED) is 0.689. The first-order chi connectivity index (χ1) is 11.1. The van der Waals surface area contributed by atoms with Crippen molar-refractivity contribution in [3.8, 4) is 0 Å². The summed E-state index contributed by atoms with van der Waals surface area (Å²) in [5.74, 6) is -0.102. The normalized spacial score (nSPS) is 11.0. The van der Waals surface area contributed by atoms with Gasteiger partial charge in [0, 0.05) is 37.9 Å². The minimum Gasteiger partial charge on any atom is -0.444 e. The molecule has 0 fully saturated rings. The molecule has 5 N–H and O–H groups in total. The number of nitrogens with zero attached hydrogens (tertiary/aromatic N) is 1. The van der Waals surface area contributed by atoms with Crippen molar-refractivity contribution in [3.63, 3.8) is 0 Å². The third kappa shape index (κ3) is 7.21. The third-order valence-corrected chi connectivity index (χ3v) is 3.25. The highest BCUT2D eigenvalue weighted by Crippen LogP contribution is 2.15. The number of nitrogen functional groups attached to an aromatic ring is 2. The Morgan fingerprint density at radius 3 is 2.54 bits per heavy atom. The first-order valence-electron chi connectivity index (χ1n) is 7.93. The number of carbonyl (C=O) groups is 2. The molecule has 0 saturated heterocycles. The molecule has 0 aliphatic heterocycles. The fraction of sp³-hybridized carbons (Fsp3) is 0.529. The molecule has 1 aromatic rings. The molecule has 0 aliphatic rings. The molecule has 1 rings (SSSR count). The summed E-state index contributed by atoms with van der Waals surface area (Å²) in [5, 5.41) is 2.80. The fourth-order valence-corrected chi connectivity index (χ4v) is 1.97. The van der Waals surface area contributed by atoms with E-state index in [9.17, 15) is 9.59 Å². The summed E-state index contributed by atoms with van der Waals surface area (Å²) in [6, 6.07) is 5.17. The molecule has 1 aromatic carbocycles. The summed E-state index contributed by atoms with van der Waals surface area (Å²) in [5.41, 5.74) is 13.0. The van der Waals surface area contributed by atoms with Gasteiger partial charge in [-0.3, -0.25) is 4.79 Å². The summed E-state index contributed by atoms with van der Waals surface area (Å²) in [4.78, 5) is 25.1. The molecular formula is C17H28N4O3. The molecule has 0 aromatic heterocycles. The van der Waals surface area contributed by atoms with Crippen LogP contribution in [0.1, 0.15) is 39.2 Å². The van der Waals surface area contributed by atoms with Gasteiger partial charge in [0.05, 0.1) is 0 Å². The van der Waals surface area contributed by atoms with E-state index in [4.69, 9.17) is 16.2 Å². The number of amides is 2. The van der Waals surface area contributed by atoms with Gasteiger partial charge in [-0.15, -0.1) is 0 Å². The maximum absolute atomic E-state index is 11.9. The Balaban J connectivity index is 2.31. The first-order valence-corrected chi connectivity index (χ1v) is 7.93. The summed E-state index contributed by atoms with van der Waals surface area (Å²) >= 11 is 0.